The zero-order valence-electron chi connectivity index (χ0n) is 10.9. The Morgan fingerprint density at radius 3 is 2.59 bits per heavy atom. The third kappa shape index (κ3) is 5.68. The van der Waals surface area contributed by atoms with E-state index in [-0.39, 0.29) is 23.4 Å². The van der Waals surface area contributed by atoms with E-state index in [1.54, 1.807) is 0 Å². The van der Waals surface area contributed by atoms with Crippen molar-refractivity contribution in [1.29, 1.82) is 0 Å². The van der Waals surface area contributed by atoms with Crippen molar-refractivity contribution in [1.82, 2.24) is 16.0 Å². The normalized spacial score (nSPS) is 20.1. The molecule has 0 aliphatic carbocycles. The fourth-order valence-corrected chi connectivity index (χ4v) is 1.81. The minimum Gasteiger partial charge on any atom is -0.354 e. The van der Waals surface area contributed by atoms with Crippen LogP contribution >= 0.6 is 0 Å². The molecule has 1 atom stereocenters. The second-order valence-corrected chi connectivity index (χ2v) is 5.49. The molecular weight excluding hydrogens is 218 g/mol. The summed E-state index contributed by atoms with van der Waals surface area (Å²) in [4.78, 5) is 23.1. The molecule has 1 aliphatic heterocycles. The molecule has 2 amide bonds. The van der Waals surface area contributed by atoms with Crippen LogP contribution in [0.4, 0.5) is 0 Å². The first-order chi connectivity index (χ1) is 7.88. The Balaban J connectivity index is 2.14. The third-order valence-electron chi connectivity index (χ3n) is 2.54. The summed E-state index contributed by atoms with van der Waals surface area (Å²) in [5, 5.41) is 8.76. The molecular formula is C12H23N3O2. The molecule has 5 heteroatoms. The van der Waals surface area contributed by atoms with E-state index in [2.05, 4.69) is 16.0 Å². The van der Waals surface area contributed by atoms with Gasteiger partial charge >= 0.3 is 0 Å². The van der Waals surface area contributed by atoms with Crippen LogP contribution in [0.2, 0.25) is 0 Å². The summed E-state index contributed by atoms with van der Waals surface area (Å²) in [5.74, 6) is -0.0248. The molecule has 0 aromatic heterocycles. The van der Waals surface area contributed by atoms with Crippen LogP contribution in [0, 0.1) is 0 Å². The fraction of sp³-hybridized carbons (Fsp3) is 0.833. The molecule has 0 saturated carbocycles. The largest absolute Gasteiger partial charge is 0.354 e. The molecule has 1 fully saturated rings. The van der Waals surface area contributed by atoms with Gasteiger partial charge in [-0.2, -0.15) is 0 Å². The van der Waals surface area contributed by atoms with Gasteiger partial charge in [0.1, 0.15) is 0 Å². The van der Waals surface area contributed by atoms with Crippen molar-refractivity contribution in [3.05, 3.63) is 0 Å². The summed E-state index contributed by atoms with van der Waals surface area (Å²) in [5.41, 5.74) is -0.214. The summed E-state index contributed by atoms with van der Waals surface area (Å²) in [6, 6.07) is -0.0688. The highest BCUT2D eigenvalue weighted by molar-refractivity contribution is 5.83. The van der Waals surface area contributed by atoms with Crippen LogP contribution in [-0.4, -0.2) is 36.5 Å². The van der Waals surface area contributed by atoms with Crippen LogP contribution in [0.5, 0.6) is 0 Å². The third-order valence-corrected chi connectivity index (χ3v) is 2.54. The van der Waals surface area contributed by atoms with Gasteiger partial charge in [-0.15, -0.1) is 0 Å². The van der Waals surface area contributed by atoms with Gasteiger partial charge in [-0.05, 0) is 40.2 Å². The highest BCUT2D eigenvalue weighted by Crippen LogP contribution is 2.04. The summed E-state index contributed by atoms with van der Waals surface area (Å²) >= 11 is 0. The van der Waals surface area contributed by atoms with Crippen LogP contribution in [-0.2, 0) is 9.59 Å². The molecule has 1 rings (SSSR count). The molecule has 0 aromatic rings. The Morgan fingerprint density at radius 2 is 2.06 bits per heavy atom. The van der Waals surface area contributed by atoms with Crippen molar-refractivity contribution in [3.63, 3.8) is 0 Å². The first-order valence-corrected chi connectivity index (χ1v) is 6.20. The van der Waals surface area contributed by atoms with Crippen molar-refractivity contribution in [2.75, 3.05) is 13.1 Å². The Kier molecular flexibility index (Phi) is 4.93. The minimum atomic E-state index is -0.214. The number of hydrogen-bond donors (Lipinski definition) is 3. The van der Waals surface area contributed by atoms with Crippen molar-refractivity contribution >= 4 is 11.8 Å². The Hall–Kier alpha value is -1.10. The maximum atomic E-state index is 11.6. The zero-order chi connectivity index (χ0) is 12.9. The number of nitrogens with one attached hydrogen (secondary N) is 3. The lowest BCUT2D eigenvalue weighted by molar-refractivity contribution is -0.123. The molecule has 3 N–H and O–H groups in total. The topological polar surface area (TPSA) is 70.2 Å². The Labute approximate surface area is 103 Å². The second-order valence-electron chi connectivity index (χ2n) is 5.49. The Bertz CT molecular complexity index is 278. The monoisotopic (exact) mass is 241 g/mol. The summed E-state index contributed by atoms with van der Waals surface area (Å²) in [6.45, 7) is 7.12. The molecule has 0 aromatic carbocycles. The van der Waals surface area contributed by atoms with Gasteiger partial charge in [-0.1, -0.05) is 0 Å². The van der Waals surface area contributed by atoms with E-state index in [1.807, 2.05) is 20.8 Å². The number of rotatable bonds is 4. The highest BCUT2D eigenvalue weighted by Gasteiger charge is 2.21. The fourth-order valence-electron chi connectivity index (χ4n) is 1.81. The van der Waals surface area contributed by atoms with Crippen LogP contribution < -0.4 is 16.0 Å². The predicted molar refractivity (Wildman–Crippen MR) is 66.5 cm³/mol. The number of hydrogen-bond acceptors (Lipinski definition) is 3. The predicted octanol–water partition coefficient (Wildman–Crippen LogP) is 0.159. The number of amides is 2. The van der Waals surface area contributed by atoms with Crippen molar-refractivity contribution in [2.24, 2.45) is 0 Å². The number of carbonyl (C=O) groups is 2. The van der Waals surface area contributed by atoms with E-state index < -0.39 is 0 Å². The molecule has 1 aliphatic rings. The summed E-state index contributed by atoms with van der Waals surface area (Å²) in [6.07, 6.45) is 2.26. The van der Waals surface area contributed by atoms with Crippen LogP contribution in [0.15, 0.2) is 0 Å². The first kappa shape index (κ1) is 14.0. The van der Waals surface area contributed by atoms with Gasteiger partial charge in [0.25, 0.3) is 0 Å². The molecule has 1 saturated heterocycles. The molecule has 0 spiro atoms. The van der Waals surface area contributed by atoms with E-state index in [9.17, 15) is 9.59 Å². The lowest BCUT2D eigenvalue weighted by Gasteiger charge is -2.20. The van der Waals surface area contributed by atoms with E-state index in [0.29, 0.717) is 13.0 Å². The number of carbonyl (C=O) groups excluding carboxylic acids is 2. The highest BCUT2D eigenvalue weighted by atomic mass is 16.2. The minimum absolute atomic E-state index is 0.00561. The van der Waals surface area contributed by atoms with Crippen molar-refractivity contribution < 1.29 is 9.59 Å². The van der Waals surface area contributed by atoms with Gasteiger partial charge in [0.2, 0.25) is 11.8 Å². The second kappa shape index (κ2) is 6.00. The van der Waals surface area contributed by atoms with Gasteiger partial charge in [0.05, 0.1) is 6.04 Å². The summed E-state index contributed by atoms with van der Waals surface area (Å²) in [7, 11) is 0. The zero-order valence-corrected chi connectivity index (χ0v) is 10.9. The van der Waals surface area contributed by atoms with E-state index in [0.717, 1.165) is 19.4 Å². The maximum absolute atomic E-state index is 11.6. The van der Waals surface area contributed by atoms with Crippen LogP contribution in [0.3, 0.4) is 0 Å². The van der Waals surface area contributed by atoms with Crippen molar-refractivity contribution in [3.8, 4) is 0 Å². The van der Waals surface area contributed by atoms with Gasteiger partial charge in [0, 0.05) is 18.5 Å². The van der Waals surface area contributed by atoms with E-state index in [1.165, 1.54) is 0 Å². The molecule has 0 radical (unpaired) electrons. The molecule has 98 valence electrons. The lowest BCUT2D eigenvalue weighted by atomic mass is 10.1. The average Bonchev–Trinajstić information content (AvgIpc) is 2.66. The quantitative estimate of drug-likeness (QED) is 0.656. The average molecular weight is 241 g/mol. The van der Waals surface area contributed by atoms with Crippen LogP contribution in [0.1, 0.15) is 40.0 Å². The molecule has 0 unspecified atom stereocenters. The van der Waals surface area contributed by atoms with E-state index in [4.69, 9.17) is 0 Å². The molecule has 17 heavy (non-hydrogen) atoms. The molecule has 5 nitrogen and oxygen atoms in total. The summed E-state index contributed by atoms with van der Waals surface area (Å²) < 4.78 is 0. The standard InChI is InChI=1S/C12H23N3O2/c1-12(2,3)15-10(16)6-8-14-11(17)9-5-4-7-13-9/h9,13H,4-8H2,1-3H3,(H,14,17)(H,15,16)/t9-/m1/s1. The lowest BCUT2D eigenvalue weighted by Crippen LogP contribution is -2.44. The first-order valence-electron chi connectivity index (χ1n) is 6.20. The molecule has 1 heterocycles. The van der Waals surface area contributed by atoms with Gasteiger partial charge < -0.3 is 16.0 Å². The smallest absolute Gasteiger partial charge is 0.237 e. The van der Waals surface area contributed by atoms with E-state index >= 15 is 0 Å². The van der Waals surface area contributed by atoms with Crippen molar-refractivity contribution in [2.45, 2.75) is 51.6 Å². The van der Waals surface area contributed by atoms with Crippen LogP contribution in [0.25, 0.3) is 0 Å². The van der Waals surface area contributed by atoms with Gasteiger partial charge in [0.15, 0.2) is 0 Å². The SMILES string of the molecule is CC(C)(C)NC(=O)CCNC(=O)[C@H]1CCCN1. The maximum Gasteiger partial charge on any atom is 0.237 e. The Morgan fingerprint density at radius 1 is 1.35 bits per heavy atom. The van der Waals surface area contributed by atoms with Gasteiger partial charge in [-0.3, -0.25) is 9.59 Å². The molecule has 0 bridgehead atoms. The van der Waals surface area contributed by atoms with Gasteiger partial charge in [-0.25, -0.2) is 0 Å².